The highest BCUT2D eigenvalue weighted by Crippen LogP contribution is 2.33. The van der Waals surface area contributed by atoms with Gasteiger partial charge in [-0.1, -0.05) is 18.6 Å². The molecule has 0 aliphatic carbocycles. The number of furan rings is 1. The van der Waals surface area contributed by atoms with E-state index in [9.17, 15) is 0 Å². The van der Waals surface area contributed by atoms with Crippen LogP contribution in [0, 0.1) is 12.8 Å². The molecule has 2 aromatic rings. The van der Waals surface area contributed by atoms with Gasteiger partial charge in [0.2, 0.25) is 0 Å². The lowest BCUT2D eigenvalue weighted by Gasteiger charge is -2.29. The minimum atomic E-state index is 0.307. The van der Waals surface area contributed by atoms with E-state index < -0.39 is 0 Å². The van der Waals surface area contributed by atoms with Crippen LogP contribution in [-0.2, 0) is 4.74 Å². The second-order valence-electron chi connectivity index (χ2n) is 6.07. The van der Waals surface area contributed by atoms with Crippen LogP contribution in [0.5, 0.6) is 0 Å². The molecule has 3 rings (SSSR count). The molecule has 1 unspecified atom stereocenters. The van der Waals surface area contributed by atoms with Crippen molar-refractivity contribution in [3.63, 3.8) is 0 Å². The van der Waals surface area contributed by atoms with Gasteiger partial charge in [0.1, 0.15) is 11.3 Å². The number of benzene rings is 1. The van der Waals surface area contributed by atoms with Gasteiger partial charge in [-0.15, -0.1) is 0 Å². The van der Waals surface area contributed by atoms with Gasteiger partial charge in [0.05, 0.1) is 6.04 Å². The lowest BCUT2D eigenvalue weighted by atomic mass is 9.90. The van der Waals surface area contributed by atoms with Crippen molar-refractivity contribution in [2.24, 2.45) is 5.92 Å². The minimum Gasteiger partial charge on any atom is -0.459 e. The van der Waals surface area contributed by atoms with E-state index in [1.165, 1.54) is 10.9 Å². The summed E-state index contributed by atoms with van der Waals surface area (Å²) in [6.45, 7) is 7.09. The average molecular weight is 287 g/mol. The second kappa shape index (κ2) is 6.63. The number of aryl methyl sites for hydroxylation is 1. The van der Waals surface area contributed by atoms with Gasteiger partial charge in [0, 0.05) is 18.6 Å². The van der Waals surface area contributed by atoms with Crippen molar-refractivity contribution in [1.82, 2.24) is 5.32 Å². The molecular weight excluding hydrogens is 262 g/mol. The molecule has 1 aliphatic rings. The van der Waals surface area contributed by atoms with Crippen LogP contribution in [0.4, 0.5) is 0 Å². The van der Waals surface area contributed by atoms with Crippen molar-refractivity contribution in [2.45, 2.75) is 39.2 Å². The number of fused-ring (bicyclic) bond motifs is 1. The summed E-state index contributed by atoms with van der Waals surface area (Å²) in [5.41, 5.74) is 2.27. The molecule has 1 atom stereocenters. The van der Waals surface area contributed by atoms with Gasteiger partial charge >= 0.3 is 0 Å². The summed E-state index contributed by atoms with van der Waals surface area (Å²) in [6.07, 6.45) is 3.36. The first-order chi connectivity index (χ1) is 10.3. The average Bonchev–Trinajstić information content (AvgIpc) is 2.91. The van der Waals surface area contributed by atoms with Crippen LogP contribution in [0.15, 0.2) is 28.7 Å². The number of rotatable bonds is 5. The van der Waals surface area contributed by atoms with E-state index in [0.717, 1.165) is 50.4 Å². The van der Waals surface area contributed by atoms with Gasteiger partial charge in [0.25, 0.3) is 0 Å². The van der Waals surface area contributed by atoms with Gasteiger partial charge in [-0.25, -0.2) is 0 Å². The molecule has 1 aromatic carbocycles. The summed E-state index contributed by atoms with van der Waals surface area (Å²) in [5, 5.41) is 4.89. The van der Waals surface area contributed by atoms with Crippen LogP contribution in [0.3, 0.4) is 0 Å². The fourth-order valence-corrected chi connectivity index (χ4v) is 3.19. The summed E-state index contributed by atoms with van der Waals surface area (Å²) < 4.78 is 11.6. The Balaban J connectivity index is 1.88. The molecular formula is C18H25NO2. The van der Waals surface area contributed by atoms with Crippen LogP contribution in [0.1, 0.15) is 43.6 Å². The third kappa shape index (κ3) is 3.30. The maximum Gasteiger partial charge on any atom is 0.134 e. The lowest BCUT2D eigenvalue weighted by Crippen LogP contribution is -2.32. The third-order valence-corrected chi connectivity index (χ3v) is 4.35. The molecule has 1 aromatic heterocycles. The Morgan fingerprint density at radius 1 is 1.24 bits per heavy atom. The second-order valence-corrected chi connectivity index (χ2v) is 6.07. The molecule has 1 N–H and O–H groups in total. The molecule has 0 spiro atoms. The predicted octanol–water partition coefficient (Wildman–Crippen LogP) is 4.21. The molecule has 1 aliphatic heterocycles. The Labute approximate surface area is 126 Å². The highest BCUT2D eigenvalue weighted by atomic mass is 16.5. The van der Waals surface area contributed by atoms with E-state index >= 15 is 0 Å². The zero-order valence-electron chi connectivity index (χ0n) is 13.0. The molecule has 0 radical (unpaired) electrons. The number of nitrogens with one attached hydrogen (secondary N) is 1. The first-order valence-electron chi connectivity index (χ1n) is 8.09. The van der Waals surface area contributed by atoms with E-state index in [-0.39, 0.29) is 0 Å². The normalized spacial score (nSPS) is 18.2. The summed E-state index contributed by atoms with van der Waals surface area (Å²) >= 11 is 0. The number of ether oxygens (including phenoxy) is 1. The van der Waals surface area contributed by atoms with Crippen molar-refractivity contribution >= 4 is 11.0 Å². The van der Waals surface area contributed by atoms with E-state index in [1.54, 1.807) is 0 Å². The zero-order valence-corrected chi connectivity index (χ0v) is 13.0. The monoisotopic (exact) mass is 287 g/mol. The van der Waals surface area contributed by atoms with Crippen molar-refractivity contribution < 1.29 is 9.15 Å². The Bertz CT molecular complexity index is 584. The highest BCUT2D eigenvalue weighted by molar-refractivity contribution is 5.78. The maximum absolute atomic E-state index is 6.13. The summed E-state index contributed by atoms with van der Waals surface area (Å²) in [7, 11) is 0. The molecule has 21 heavy (non-hydrogen) atoms. The molecule has 0 amide bonds. The van der Waals surface area contributed by atoms with E-state index in [0.29, 0.717) is 12.0 Å². The minimum absolute atomic E-state index is 0.307. The van der Waals surface area contributed by atoms with Crippen LogP contribution in [0.25, 0.3) is 11.0 Å². The molecule has 3 heteroatoms. The number of hydrogen-bond acceptors (Lipinski definition) is 3. The van der Waals surface area contributed by atoms with Crippen molar-refractivity contribution in [3.05, 3.63) is 35.6 Å². The van der Waals surface area contributed by atoms with Crippen LogP contribution in [-0.4, -0.2) is 19.8 Å². The highest BCUT2D eigenvalue weighted by Gasteiger charge is 2.27. The smallest absolute Gasteiger partial charge is 0.134 e. The Morgan fingerprint density at radius 3 is 2.81 bits per heavy atom. The van der Waals surface area contributed by atoms with E-state index in [1.807, 2.05) is 0 Å². The van der Waals surface area contributed by atoms with Gasteiger partial charge in [-0.2, -0.15) is 0 Å². The molecule has 3 nitrogen and oxygen atoms in total. The molecule has 1 saturated heterocycles. The maximum atomic E-state index is 6.13. The topological polar surface area (TPSA) is 34.4 Å². The molecule has 0 bridgehead atoms. The largest absolute Gasteiger partial charge is 0.459 e. The van der Waals surface area contributed by atoms with Crippen LogP contribution >= 0.6 is 0 Å². The SMILES string of the molecule is CCCNC(c1cc2cc(C)ccc2o1)C1CCOCC1. The molecule has 114 valence electrons. The van der Waals surface area contributed by atoms with Gasteiger partial charge in [-0.05, 0) is 56.8 Å². The molecule has 0 saturated carbocycles. The van der Waals surface area contributed by atoms with Gasteiger partial charge in [0.15, 0.2) is 0 Å². The number of hydrogen-bond donors (Lipinski definition) is 1. The van der Waals surface area contributed by atoms with Crippen LogP contribution in [0.2, 0.25) is 0 Å². The lowest BCUT2D eigenvalue weighted by molar-refractivity contribution is 0.0509. The Kier molecular flexibility index (Phi) is 4.61. The Morgan fingerprint density at radius 2 is 2.05 bits per heavy atom. The fraction of sp³-hybridized carbons (Fsp3) is 0.556. The quantitative estimate of drug-likeness (QED) is 0.894. The summed E-state index contributed by atoms with van der Waals surface area (Å²) in [4.78, 5) is 0. The zero-order chi connectivity index (χ0) is 14.7. The fourth-order valence-electron chi connectivity index (χ4n) is 3.19. The van der Waals surface area contributed by atoms with Crippen LogP contribution < -0.4 is 5.32 Å². The van der Waals surface area contributed by atoms with Crippen molar-refractivity contribution in [2.75, 3.05) is 19.8 Å². The summed E-state index contributed by atoms with van der Waals surface area (Å²) in [5.74, 6) is 1.68. The standard InChI is InChI=1S/C18H25NO2/c1-3-8-19-18(14-6-9-20-10-7-14)17-12-15-11-13(2)4-5-16(15)21-17/h4-5,11-12,14,18-19H,3,6-10H2,1-2H3. The summed E-state index contributed by atoms with van der Waals surface area (Å²) in [6, 6.07) is 8.91. The van der Waals surface area contributed by atoms with Crippen molar-refractivity contribution in [1.29, 1.82) is 0 Å². The van der Waals surface area contributed by atoms with E-state index in [4.69, 9.17) is 9.15 Å². The molecule has 1 fully saturated rings. The van der Waals surface area contributed by atoms with Gasteiger partial charge < -0.3 is 14.5 Å². The Hall–Kier alpha value is -1.32. The van der Waals surface area contributed by atoms with Gasteiger partial charge in [-0.3, -0.25) is 0 Å². The predicted molar refractivity (Wildman–Crippen MR) is 85.5 cm³/mol. The first kappa shape index (κ1) is 14.6. The van der Waals surface area contributed by atoms with Crippen molar-refractivity contribution in [3.8, 4) is 0 Å². The third-order valence-electron chi connectivity index (χ3n) is 4.35. The first-order valence-corrected chi connectivity index (χ1v) is 8.09. The molecule has 2 heterocycles. The van der Waals surface area contributed by atoms with E-state index in [2.05, 4.69) is 43.4 Å².